The lowest BCUT2D eigenvalue weighted by Gasteiger charge is -2.32. The van der Waals surface area contributed by atoms with Crippen molar-refractivity contribution in [3.63, 3.8) is 0 Å². The summed E-state index contributed by atoms with van der Waals surface area (Å²) in [5.41, 5.74) is 20.1. The van der Waals surface area contributed by atoms with Crippen LogP contribution in [-0.2, 0) is 9.59 Å². The van der Waals surface area contributed by atoms with Crippen molar-refractivity contribution in [1.82, 2.24) is 55.5 Å². The van der Waals surface area contributed by atoms with Gasteiger partial charge >= 0.3 is 0 Å². The second-order valence-corrected chi connectivity index (χ2v) is 18.5. The molecule has 0 aliphatic rings. The summed E-state index contributed by atoms with van der Waals surface area (Å²) in [4.78, 5) is 60.7. The summed E-state index contributed by atoms with van der Waals surface area (Å²) in [6.45, 7) is 18.8. The van der Waals surface area contributed by atoms with Gasteiger partial charge in [0.05, 0.1) is 38.8 Å². The van der Waals surface area contributed by atoms with Crippen LogP contribution in [0.4, 0.5) is 39.7 Å². The Labute approximate surface area is 409 Å². The molecule has 6 aromatic rings. The average molecular weight is 973 g/mol. The summed E-state index contributed by atoms with van der Waals surface area (Å²) in [7, 11) is 0. The minimum atomic E-state index is -0.434. The second kappa shape index (κ2) is 25.7. The number of halogens is 2. The van der Waals surface area contributed by atoms with E-state index in [0.717, 1.165) is 70.6 Å². The van der Waals surface area contributed by atoms with Crippen LogP contribution in [0.3, 0.4) is 0 Å². The van der Waals surface area contributed by atoms with Crippen LogP contribution in [-0.4, -0.2) is 86.4 Å². The van der Waals surface area contributed by atoms with Crippen LogP contribution < -0.4 is 43.8 Å². The van der Waals surface area contributed by atoms with E-state index in [1.54, 1.807) is 18.5 Å². The van der Waals surface area contributed by atoms with Crippen LogP contribution in [0.5, 0.6) is 0 Å². The Morgan fingerprint density at radius 1 is 0.594 bits per heavy atom. The first-order valence-electron chi connectivity index (χ1n) is 23.6. The van der Waals surface area contributed by atoms with E-state index < -0.39 is 5.82 Å². The van der Waals surface area contributed by atoms with Crippen LogP contribution in [0.2, 0.25) is 5.02 Å². The number of hydrogen-bond donors (Lipinski definition) is 8. The number of nitrogens with two attached hydrogens (primary N) is 3. The number of fused-ring (bicyclic) bond motifs is 3. The topological polar surface area (TPSA) is 288 Å². The molecule has 0 unspecified atom stereocenters. The van der Waals surface area contributed by atoms with E-state index in [2.05, 4.69) is 113 Å². The Hall–Kier alpha value is -6.57. The Morgan fingerprint density at radius 3 is 1.52 bits per heavy atom. The minimum absolute atomic E-state index is 0.0521. The largest absolute Gasteiger partial charge is 0.368 e. The third kappa shape index (κ3) is 17.2. The monoisotopic (exact) mass is 972 g/mol. The molecule has 11 N–H and O–H groups in total. The van der Waals surface area contributed by atoms with E-state index in [9.17, 15) is 14.0 Å². The van der Waals surface area contributed by atoms with Crippen molar-refractivity contribution in [3.8, 4) is 0 Å². The van der Waals surface area contributed by atoms with Crippen LogP contribution in [0, 0.1) is 5.82 Å². The Balaban J connectivity index is 0.000000226. The zero-order valence-electron chi connectivity index (χ0n) is 41.6. The SMILES string of the molecule is CCCCC[C@@](C)(CNC(C)=O)Nc1nc(N)nc2cccnc12.CCCC[C@@](C)(CC)Nc1nc(N)nc2cc(F)cnc12.CCCC[C@@](C)(CNC(C)=O)Nc1nc(N)nc2cc(Cl)cnc12. The number of pyridine rings is 3. The number of carbonyl (C=O) groups excluding carboxylic acids is 2. The van der Waals surface area contributed by atoms with Gasteiger partial charge in [0.1, 0.15) is 22.4 Å². The molecule has 6 heterocycles. The molecule has 21 heteroatoms. The molecule has 0 spiro atoms. The van der Waals surface area contributed by atoms with Crippen molar-refractivity contribution >= 4 is 91.8 Å². The summed E-state index contributed by atoms with van der Waals surface area (Å²) in [5, 5.41) is 16.5. The number of amides is 2. The lowest BCUT2D eigenvalue weighted by atomic mass is 9.92. The van der Waals surface area contributed by atoms with E-state index in [0.29, 0.717) is 68.7 Å². The molecule has 69 heavy (non-hydrogen) atoms. The van der Waals surface area contributed by atoms with Gasteiger partial charge < -0.3 is 43.8 Å². The van der Waals surface area contributed by atoms with Gasteiger partial charge in [-0.15, -0.1) is 0 Å². The van der Waals surface area contributed by atoms with Crippen molar-refractivity contribution < 1.29 is 14.0 Å². The molecule has 374 valence electrons. The molecule has 0 aromatic carbocycles. The molecule has 0 saturated carbocycles. The maximum atomic E-state index is 13.3. The maximum Gasteiger partial charge on any atom is 0.222 e. The average Bonchev–Trinajstić information content (AvgIpc) is 3.29. The number of anilines is 6. The second-order valence-electron chi connectivity index (χ2n) is 18.1. The molecule has 6 rings (SSSR count). The molecule has 0 radical (unpaired) electrons. The van der Waals surface area contributed by atoms with Crippen molar-refractivity contribution in [2.75, 3.05) is 46.2 Å². The molecule has 0 aliphatic carbocycles. The fourth-order valence-corrected chi connectivity index (χ4v) is 7.54. The van der Waals surface area contributed by atoms with E-state index >= 15 is 0 Å². The van der Waals surface area contributed by atoms with E-state index in [1.807, 2.05) is 19.1 Å². The van der Waals surface area contributed by atoms with Crippen LogP contribution in [0.15, 0.2) is 42.9 Å². The van der Waals surface area contributed by atoms with Gasteiger partial charge in [0, 0.05) is 50.9 Å². The zero-order chi connectivity index (χ0) is 50.8. The zero-order valence-corrected chi connectivity index (χ0v) is 42.3. The number of rotatable bonds is 21. The molecule has 0 aliphatic heterocycles. The van der Waals surface area contributed by atoms with Gasteiger partial charge in [-0.2, -0.15) is 15.0 Å². The van der Waals surface area contributed by atoms with Gasteiger partial charge in [-0.05, 0) is 64.7 Å². The first kappa shape index (κ1) is 55.0. The number of nitrogens with one attached hydrogen (secondary N) is 5. The fourth-order valence-electron chi connectivity index (χ4n) is 7.38. The Bertz CT molecular complexity index is 2630. The Kier molecular flexibility index (Phi) is 20.5. The highest BCUT2D eigenvalue weighted by atomic mass is 35.5. The van der Waals surface area contributed by atoms with Gasteiger partial charge in [-0.3, -0.25) is 14.6 Å². The number of aromatic nitrogens is 9. The van der Waals surface area contributed by atoms with Gasteiger partial charge in [-0.1, -0.05) is 84.2 Å². The van der Waals surface area contributed by atoms with Gasteiger partial charge in [0.15, 0.2) is 17.5 Å². The van der Waals surface area contributed by atoms with Crippen molar-refractivity contribution in [1.29, 1.82) is 0 Å². The molecular weight excluding hydrogens is 901 g/mol. The van der Waals surface area contributed by atoms with Gasteiger partial charge in [0.2, 0.25) is 29.7 Å². The fraction of sp³-hybridized carbons (Fsp3) is 0.521. The van der Waals surface area contributed by atoms with E-state index in [-0.39, 0.29) is 46.3 Å². The van der Waals surface area contributed by atoms with Crippen LogP contribution in [0.25, 0.3) is 33.1 Å². The van der Waals surface area contributed by atoms with Gasteiger partial charge in [0.25, 0.3) is 0 Å². The molecule has 3 atom stereocenters. The first-order chi connectivity index (χ1) is 32.7. The van der Waals surface area contributed by atoms with Crippen LogP contribution >= 0.6 is 11.6 Å². The summed E-state index contributed by atoms with van der Waals surface area (Å²) >= 11 is 5.98. The lowest BCUT2D eigenvalue weighted by Crippen LogP contribution is -2.46. The number of carbonyl (C=O) groups is 2. The molecule has 6 aromatic heterocycles. The number of hydrogen-bond acceptors (Lipinski definition) is 17. The lowest BCUT2D eigenvalue weighted by molar-refractivity contribution is -0.120. The maximum absolute atomic E-state index is 13.3. The van der Waals surface area contributed by atoms with Gasteiger partial charge in [-0.25, -0.2) is 29.3 Å². The quantitative estimate of drug-likeness (QED) is 0.0313. The van der Waals surface area contributed by atoms with Crippen molar-refractivity contribution in [2.24, 2.45) is 0 Å². The predicted octanol–water partition coefficient (Wildman–Crippen LogP) is 8.77. The number of nitrogen functional groups attached to an aromatic ring is 3. The summed E-state index contributed by atoms with van der Waals surface area (Å²) < 4.78 is 13.3. The predicted molar refractivity (Wildman–Crippen MR) is 277 cm³/mol. The third-order valence-electron chi connectivity index (χ3n) is 11.5. The molecular formula is C48H71ClFN17O2. The summed E-state index contributed by atoms with van der Waals surface area (Å²) in [6.07, 6.45) is 15.8. The summed E-state index contributed by atoms with van der Waals surface area (Å²) in [6, 6.07) is 6.69. The smallest absolute Gasteiger partial charge is 0.222 e. The highest BCUT2D eigenvalue weighted by Crippen LogP contribution is 2.29. The molecule has 0 bridgehead atoms. The van der Waals surface area contributed by atoms with E-state index in [4.69, 9.17) is 28.8 Å². The van der Waals surface area contributed by atoms with Crippen molar-refractivity contribution in [3.05, 3.63) is 53.7 Å². The highest BCUT2D eigenvalue weighted by molar-refractivity contribution is 6.31. The first-order valence-corrected chi connectivity index (χ1v) is 24.0. The van der Waals surface area contributed by atoms with Crippen molar-refractivity contribution in [2.45, 2.75) is 150 Å². The Morgan fingerprint density at radius 2 is 1.03 bits per heavy atom. The minimum Gasteiger partial charge on any atom is -0.368 e. The standard InChI is InChI=1S/C17H26N6O.C16H23ClN6O.C15H22FN5/c1-4-5-6-9-17(3,11-20-12(2)24)23-15-14-13(8-7-10-19-14)21-16(18)22-15;1-4-5-6-16(3,9-20-10(2)24)23-14-13-12(21-15(18)22-14)7-11(17)8-19-13;1-4-6-7-15(3,5-2)21-13-12-11(19-14(17)20-13)8-10(16)9-18-12/h7-8,10H,4-6,9,11H2,1-3H3,(H,20,24)(H3,18,21,22,23);7-8H,4-6,9H2,1-3H3,(H,20,24)(H3,18,21,22,23);8-9H,4-7H2,1-3H3,(H3,17,19,20,21)/t17-;16-;15-/m001/s1. The van der Waals surface area contributed by atoms with Crippen LogP contribution in [0.1, 0.15) is 133 Å². The molecule has 0 fully saturated rings. The normalized spacial score (nSPS) is 13.7. The highest BCUT2D eigenvalue weighted by Gasteiger charge is 2.28. The van der Waals surface area contributed by atoms with E-state index in [1.165, 1.54) is 26.1 Å². The summed E-state index contributed by atoms with van der Waals surface area (Å²) in [5.74, 6) is 1.61. The molecule has 19 nitrogen and oxygen atoms in total. The molecule has 0 saturated heterocycles. The number of unbranched alkanes of at least 4 members (excludes halogenated alkanes) is 4. The third-order valence-corrected chi connectivity index (χ3v) is 11.7. The molecule has 2 amide bonds. The number of nitrogens with zero attached hydrogens (tertiary/aromatic N) is 9.